The lowest BCUT2D eigenvalue weighted by Crippen LogP contribution is -2.28. The van der Waals surface area contributed by atoms with Gasteiger partial charge in [-0.1, -0.05) is 29.8 Å². The van der Waals surface area contributed by atoms with Crippen LogP contribution >= 0.6 is 0 Å². The highest BCUT2D eigenvalue weighted by Crippen LogP contribution is 2.16. The van der Waals surface area contributed by atoms with Crippen LogP contribution in [-0.4, -0.2) is 19.0 Å². The van der Waals surface area contributed by atoms with E-state index < -0.39 is 0 Å². The maximum Gasteiger partial charge on any atom is 0.220 e. The molecule has 0 spiro atoms. The summed E-state index contributed by atoms with van der Waals surface area (Å²) in [5.74, 6) is 0.674. The summed E-state index contributed by atoms with van der Waals surface area (Å²) in [6.45, 7) is 6.14. The number of hydrogen-bond donors (Lipinski definition) is 2. The average molecular weight is 246 g/mol. The zero-order valence-corrected chi connectivity index (χ0v) is 11.2. The van der Waals surface area contributed by atoms with Gasteiger partial charge < -0.3 is 10.6 Å². The molecular weight excluding hydrogens is 224 g/mol. The van der Waals surface area contributed by atoms with E-state index >= 15 is 0 Å². The van der Waals surface area contributed by atoms with Crippen LogP contribution < -0.4 is 10.6 Å². The Labute approximate surface area is 109 Å². The van der Waals surface area contributed by atoms with E-state index in [1.54, 1.807) is 0 Å². The summed E-state index contributed by atoms with van der Waals surface area (Å²) in [6.07, 6.45) is 1.76. The molecule has 3 heteroatoms. The fourth-order valence-electron chi connectivity index (χ4n) is 2.47. The SMILES string of the molecule is Cc1cccc([C@H](C)NC(=O)CC2CCNC2)c1. The van der Waals surface area contributed by atoms with Crippen molar-refractivity contribution in [3.63, 3.8) is 0 Å². The number of hydrogen-bond acceptors (Lipinski definition) is 2. The average Bonchev–Trinajstić information content (AvgIpc) is 2.81. The molecule has 3 nitrogen and oxygen atoms in total. The van der Waals surface area contributed by atoms with E-state index in [0.29, 0.717) is 12.3 Å². The van der Waals surface area contributed by atoms with Crippen molar-refractivity contribution in [2.24, 2.45) is 5.92 Å². The lowest BCUT2D eigenvalue weighted by atomic mass is 10.0. The second kappa shape index (κ2) is 6.01. The van der Waals surface area contributed by atoms with Crippen LogP contribution in [0, 0.1) is 12.8 Å². The molecule has 1 aliphatic rings. The standard InChI is InChI=1S/C15H22N2O/c1-11-4-3-5-14(8-11)12(2)17-15(18)9-13-6-7-16-10-13/h3-5,8,12-13,16H,6-7,9-10H2,1-2H3,(H,17,18)/t12-,13?/m0/s1. The van der Waals surface area contributed by atoms with Crippen LogP contribution in [-0.2, 0) is 4.79 Å². The second-order valence-corrected chi connectivity index (χ2v) is 5.27. The molecule has 1 fully saturated rings. The molecule has 1 aromatic carbocycles. The minimum Gasteiger partial charge on any atom is -0.350 e. The van der Waals surface area contributed by atoms with Gasteiger partial charge in [-0.2, -0.15) is 0 Å². The van der Waals surface area contributed by atoms with Gasteiger partial charge in [0.25, 0.3) is 0 Å². The second-order valence-electron chi connectivity index (χ2n) is 5.27. The minimum absolute atomic E-state index is 0.0896. The Balaban J connectivity index is 1.86. The molecule has 0 bridgehead atoms. The molecule has 1 heterocycles. The molecule has 0 radical (unpaired) electrons. The summed E-state index contributed by atoms with van der Waals surface area (Å²) in [7, 11) is 0. The first-order valence-corrected chi connectivity index (χ1v) is 6.72. The zero-order valence-electron chi connectivity index (χ0n) is 11.2. The molecule has 1 aromatic rings. The first-order chi connectivity index (χ1) is 8.65. The van der Waals surface area contributed by atoms with Crippen molar-refractivity contribution in [2.45, 2.75) is 32.7 Å². The Hall–Kier alpha value is -1.35. The highest BCUT2D eigenvalue weighted by atomic mass is 16.1. The number of carbonyl (C=O) groups is 1. The fourth-order valence-corrected chi connectivity index (χ4v) is 2.47. The third-order valence-electron chi connectivity index (χ3n) is 3.56. The third kappa shape index (κ3) is 3.57. The molecule has 98 valence electrons. The number of amides is 1. The zero-order chi connectivity index (χ0) is 13.0. The highest BCUT2D eigenvalue weighted by Gasteiger charge is 2.19. The summed E-state index contributed by atoms with van der Waals surface area (Å²) in [6, 6.07) is 8.39. The Kier molecular flexibility index (Phi) is 4.37. The van der Waals surface area contributed by atoms with Gasteiger partial charge in [0.2, 0.25) is 5.91 Å². The Bertz CT molecular complexity index is 411. The van der Waals surface area contributed by atoms with E-state index in [4.69, 9.17) is 0 Å². The van der Waals surface area contributed by atoms with Gasteiger partial charge in [0.15, 0.2) is 0 Å². The smallest absolute Gasteiger partial charge is 0.220 e. The largest absolute Gasteiger partial charge is 0.350 e. The van der Waals surface area contributed by atoms with Crippen molar-refractivity contribution in [1.82, 2.24) is 10.6 Å². The predicted octanol–water partition coefficient (Wildman–Crippen LogP) is 2.17. The Morgan fingerprint density at radius 2 is 2.39 bits per heavy atom. The van der Waals surface area contributed by atoms with E-state index in [1.807, 2.05) is 13.0 Å². The number of aryl methyl sites for hydroxylation is 1. The van der Waals surface area contributed by atoms with Crippen LogP contribution in [0.4, 0.5) is 0 Å². The molecule has 2 atom stereocenters. The molecule has 1 saturated heterocycles. The van der Waals surface area contributed by atoms with Gasteiger partial charge in [-0.05, 0) is 44.8 Å². The van der Waals surface area contributed by atoms with Gasteiger partial charge in [-0.15, -0.1) is 0 Å². The molecule has 1 amide bonds. The van der Waals surface area contributed by atoms with E-state index in [1.165, 1.54) is 11.1 Å². The summed E-state index contributed by atoms with van der Waals surface area (Å²) >= 11 is 0. The molecular formula is C15H22N2O. The van der Waals surface area contributed by atoms with Crippen molar-refractivity contribution in [3.8, 4) is 0 Å². The van der Waals surface area contributed by atoms with Crippen LogP contribution in [0.1, 0.15) is 36.9 Å². The number of rotatable bonds is 4. The lowest BCUT2D eigenvalue weighted by molar-refractivity contribution is -0.122. The van der Waals surface area contributed by atoms with E-state index in [2.05, 4.69) is 35.8 Å². The Morgan fingerprint density at radius 3 is 3.06 bits per heavy atom. The monoisotopic (exact) mass is 246 g/mol. The molecule has 0 aromatic heterocycles. The van der Waals surface area contributed by atoms with E-state index in [-0.39, 0.29) is 11.9 Å². The summed E-state index contributed by atoms with van der Waals surface area (Å²) in [5.41, 5.74) is 2.40. The van der Waals surface area contributed by atoms with Gasteiger partial charge in [0, 0.05) is 6.42 Å². The normalized spacial score (nSPS) is 20.7. The maximum absolute atomic E-state index is 11.9. The van der Waals surface area contributed by atoms with Crippen molar-refractivity contribution in [3.05, 3.63) is 35.4 Å². The molecule has 18 heavy (non-hydrogen) atoms. The first-order valence-electron chi connectivity index (χ1n) is 6.72. The summed E-state index contributed by atoms with van der Waals surface area (Å²) < 4.78 is 0. The van der Waals surface area contributed by atoms with Crippen LogP contribution in [0.15, 0.2) is 24.3 Å². The number of nitrogens with one attached hydrogen (secondary N) is 2. The van der Waals surface area contributed by atoms with Crippen molar-refractivity contribution >= 4 is 5.91 Å². The van der Waals surface area contributed by atoms with Crippen molar-refractivity contribution in [1.29, 1.82) is 0 Å². The minimum atomic E-state index is 0.0896. The molecule has 0 saturated carbocycles. The van der Waals surface area contributed by atoms with Crippen LogP contribution in [0.2, 0.25) is 0 Å². The summed E-state index contributed by atoms with van der Waals surface area (Å²) in [5, 5.41) is 6.37. The number of carbonyl (C=O) groups excluding carboxylic acids is 1. The summed E-state index contributed by atoms with van der Waals surface area (Å²) in [4.78, 5) is 11.9. The van der Waals surface area contributed by atoms with Crippen molar-refractivity contribution < 1.29 is 4.79 Å². The topological polar surface area (TPSA) is 41.1 Å². The Morgan fingerprint density at radius 1 is 1.56 bits per heavy atom. The molecule has 2 N–H and O–H groups in total. The van der Waals surface area contributed by atoms with Crippen molar-refractivity contribution in [2.75, 3.05) is 13.1 Å². The molecule has 2 rings (SSSR count). The molecule has 0 aliphatic carbocycles. The van der Waals surface area contributed by atoms with Crippen LogP contribution in [0.25, 0.3) is 0 Å². The number of benzene rings is 1. The van der Waals surface area contributed by atoms with Crippen LogP contribution in [0.5, 0.6) is 0 Å². The van der Waals surface area contributed by atoms with Gasteiger partial charge >= 0.3 is 0 Å². The van der Waals surface area contributed by atoms with Crippen LogP contribution in [0.3, 0.4) is 0 Å². The third-order valence-corrected chi connectivity index (χ3v) is 3.56. The quantitative estimate of drug-likeness (QED) is 0.855. The molecule has 1 unspecified atom stereocenters. The van der Waals surface area contributed by atoms with Gasteiger partial charge in [-0.3, -0.25) is 4.79 Å². The fraction of sp³-hybridized carbons (Fsp3) is 0.533. The highest BCUT2D eigenvalue weighted by molar-refractivity contribution is 5.76. The van der Waals surface area contributed by atoms with Gasteiger partial charge in [0.1, 0.15) is 0 Å². The lowest BCUT2D eigenvalue weighted by Gasteiger charge is -2.16. The van der Waals surface area contributed by atoms with Gasteiger partial charge in [0.05, 0.1) is 6.04 Å². The predicted molar refractivity (Wildman–Crippen MR) is 73.3 cm³/mol. The molecule has 1 aliphatic heterocycles. The van der Waals surface area contributed by atoms with E-state index in [0.717, 1.165) is 19.5 Å². The first kappa shape index (κ1) is 13.1. The van der Waals surface area contributed by atoms with E-state index in [9.17, 15) is 4.79 Å². The van der Waals surface area contributed by atoms with Gasteiger partial charge in [-0.25, -0.2) is 0 Å². The maximum atomic E-state index is 11.9.